The fourth-order valence-electron chi connectivity index (χ4n) is 2.36. The Morgan fingerprint density at radius 1 is 0.909 bits per heavy atom. The van der Waals surface area contributed by atoms with Crippen LogP contribution < -0.4 is 0 Å². The van der Waals surface area contributed by atoms with Gasteiger partial charge in [0.1, 0.15) is 5.38 Å². The number of hydrogen-bond acceptors (Lipinski definition) is 4. The second-order valence-electron chi connectivity index (χ2n) is 5.64. The van der Waals surface area contributed by atoms with E-state index in [1.165, 1.54) is 59.2 Å². The van der Waals surface area contributed by atoms with E-state index in [0.29, 0.717) is 6.42 Å². The average Bonchev–Trinajstić information content (AvgIpc) is 2.54. The average molecular weight is 355 g/mol. The molecular weight excluding hydrogens is 323 g/mol. The van der Waals surface area contributed by atoms with Gasteiger partial charge in [-0.05, 0) is 6.42 Å². The Hall–Kier alpha value is 0.110. The predicted octanol–water partition coefficient (Wildman–Crippen LogP) is 5.92. The first kappa shape index (κ1) is 22.1. The Bertz CT molecular complexity index is 328. The van der Waals surface area contributed by atoms with E-state index in [2.05, 4.69) is 16.0 Å². The van der Waals surface area contributed by atoms with Crippen LogP contribution in [0.25, 0.3) is 0 Å². The molecule has 0 radical (unpaired) electrons. The van der Waals surface area contributed by atoms with Gasteiger partial charge in [0.15, 0.2) is 0 Å². The molecule has 132 valence electrons. The summed E-state index contributed by atoms with van der Waals surface area (Å²) in [6.07, 6.45) is 12.8. The van der Waals surface area contributed by atoms with Crippen molar-refractivity contribution in [3.63, 3.8) is 0 Å². The third kappa shape index (κ3) is 9.29. The van der Waals surface area contributed by atoms with Gasteiger partial charge in [-0.15, -0.1) is 11.6 Å². The molecule has 0 saturated carbocycles. The Balaban J connectivity index is 3.63. The minimum absolute atomic E-state index is 0.521. The third-order valence-electron chi connectivity index (χ3n) is 3.83. The summed E-state index contributed by atoms with van der Waals surface area (Å²) < 4.78 is 21.2. The molecule has 0 heterocycles. The minimum atomic E-state index is -3.68. The van der Waals surface area contributed by atoms with Crippen LogP contribution in [-0.2, 0) is 18.4 Å². The molecule has 1 atom stereocenters. The van der Waals surface area contributed by atoms with E-state index in [1.54, 1.807) is 0 Å². The van der Waals surface area contributed by atoms with Gasteiger partial charge in [0.2, 0.25) is 0 Å². The van der Waals surface area contributed by atoms with E-state index in [-0.39, 0.29) is 0 Å². The zero-order chi connectivity index (χ0) is 16.8. The molecule has 0 N–H and O–H groups in total. The van der Waals surface area contributed by atoms with Crippen LogP contribution in [0.5, 0.6) is 0 Å². The lowest BCUT2D eigenvalue weighted by atomic mass is 10.1. The molecule has 0 rings (SSSR count). The molecule has 0 fully saturated rings. The summed E-state index contributed by atoms with van der Waals surface area (Å²) in [5.74, 6) is 0. The fraction of sp³-hybridized carbons (Fsp3) is 0.938. The van der Waals surface area contributed by atoms with Crippen molar-refractivity contribution in [3.8, 4) is 0 Å². The molecule has 0 spiro atoms. The van der Waals surface area contributed by atoms with Gasteiger partial charge in [-0.3, -0.25) is 9.36 Å². The van der Waals surface area contributed by atoms with E-state index >= 15 is 0 Å². The summed E-state index contributed by atoms with van der Waals surface area (Å²) in [5, 5.41) is -0.792. The molecule has 0 aromatic carbocycles. The van der Waals surface area contributed by atoms with Gasteiger partial charge >= 0.3 is 7.60 Å². The molecule has 1 unspecified atom stereocenters. The van der Waals surface area contributed by atoms with Crippen LogP contribution in [0.4, 0.5) is 0 Å². The summed E-state index contributed by atoms with van der Waals surface area (Å²) in [6, 6.07) is 0. The van der Waals surface area contributed by atoms with E-state index in [4.69, 9.17) is 11.6 Å². The first-order valence-electron chi connectivity index (χ1n) is 8.41. The van der Waals surface area contributed by atoms with Crippen molar-refractivity contribution in [1.82, 2.24) is 0 Å². The monoisotopic (exact) mass is 354 g/mol. The zero-order valence-corrected chi connectivity index (χ0v) is 16.0. The number of rotatable bonds is 15. The molecule has 0 aliphatic rings. The van der Waals surface area contributed by atoms with Gasteiger partial charge in [-0.1, -0.05) is 71.1 Å². The molecule has 0 aromatic rings. The Morgan fingerprint density at radius 2 is 1.32 bits per heavy atom. The smallest absolute Gasteiger partial charge is 0.307 e. The number of halogens is 1. The Labute approximate surface area is 140 Å². The standard InChI is InChI=1S/C16H32ClO4P/c1-4-5-6-7-8-9-10-11-12-13-14-15(17)16(18)22(19,20-2)21-3/h15H,4-14H2,1-3H3. The van der Waals surface area contributed by atoms with E-state index in [0.717, 1.165) is 19.3 Å². The number of carbonyl (C=O) groups excluding carboxylic acids is 1. The SMILES string of the molecule is CCCCCCCCCCCCC(Cl)C(=O)P(=O)(OC)OC. The number of alkyl halides is 1. The molecular formula is C16H32ClO4P. The topological polar surface area (TPSA) is 52.6 Å². The molecule has 0 bridgehead atoms. The number of unbranched alkanes of at least 4 members (excludes halogenated alkanes) is 9. The molecule has 6 heteroatoms. The molecule has 22 heavy (non-hydrogen) atoms. The van der Waals surface area contributed by atoms with Gasteiger partial charge in [-0.2, -0.15) is 0 Å². The second-order valence-corrected chi connectivity index (χ2v) is 8.33. The Kier molecular flexibility index (Phi) is 13.6. The molecule has 0 amide bonds. The lowest BCUT2D eigenvalue weighted by molar-refractivity contribution is -0.113. The quantitative estimate of drug-likeness (QED) is 0.208. The van der Waals surface area contributed by atoms with E-state index in [9.17, 15) is 9.36 Å². The van der Waals surface area contributed by atoms with Crippen molar-refractivity contribution in [2.24, 2.45) is 0 Å². The summed E-state index contributed by atoms with van der Waals surface area (Å²) in [6.45, 7) is 2.23. The van der Waals surface area contributed by atoms with Crippen LogP contribution in [-0.4, -0.2) is 25.1 Å². The van der Waals surface area contributed by atoms with Crippen LogP contribution in [0.2, 0.25) is 0 Å². The van der Waals surface area contributed by atoms with Gasteiger partial charge in [-0.25, -0.2) is 0 Å². The lowest BCUT2D eigenvalue weighted by Gasteiger charge is -2.15. The number of carbonyl (C=O) groups is 1. The van der Waals surface area contributed by atoms with Gasteiger partial charge in [0.05, 0.1) is 0 Å². The van der Waals surface area contributed by atoms with Crippen LogP contribution in [0.15, 0.2) is 0 Å². The first-order valence-corrected chi connectivity index (χ1v) is 10.4. The maximum Gasteiger partial charge on any atom is 0.397 e. The highest BCUT2D eigenvalue weighted by molar-refractivity contribution is 7.72. The first-order chi connectivity index (χ1) is 10.5. The summed E-state index contributed by atoms with van der Waals surface area (Å²) >= 11 is 6.00. The number of hydrogen-bond donors (Lipinski definition) is 0. The summed E-state index contributed by atoms with van der Waals surface area (Å²) in [7, 11) is -1.28. The highest BCUT2D eigenvalue weighted by Gasteiger charge is 2.36. The Morgan fingerprint density at radius 3 is 1.73 bits per heavy atom. The van der Waals surface area contributed by atoms with Gasteiger partial charge < -0.3 is 9.05 Å². The van der Waals surface area contributed by atoms with E-state index < -0.39 is 18.5 Å². The van der Waals surface area contributed by atoms with Crippen molar-refractivity contribution in [2.75, 3.05) is 14.2 Å². The van der Waals surface area contributed by atoms with Gasteiger partial charge in [0.25, 0.3) is 5.52 Å². The van der Waals surface area contributed by atoms with Crippen molar-refractivity contribution >= 4 is 24.7 Å². The second kappa shape index (κ2) is 13.5. The molecule has 0 aromatic heterocycles. The van der Waals surface area contributed by atoms with Crippen molar-refractivity contribution < 1.29 is 18.4 Å². The van der Waals surface area contributed by atoms with Crippen LogP contribution >= 0.6 is 19.2 Å². The van der Waals surface area contributed by atoms with Crippen molar-refractivity contribution in [3.05, 3.63) is 0 Å². The zero-order valence-electron chi connectivity index (χ0n) is 14.3. The maximum atomic E-state index is 11.9. The summed E-state index contributed by atoms with van der Waals surface area (Å²) in [5.41, 5.74) is -0.630. The van der Waals surface area contributed by atoms with Gasteiger partial charge in [0, 0.05) is 14.2 Å². The molecule has 0 saturated heterocycles. The molecule has 0 aliphatic carbocycles. The lowest BCUT2D eigenvalue weighted by Crippen LogP contribution is -2.16. The summed E-state index contributed by atoms with van der Waals surface area (Å²) in [4.78, 5) is 11.9. The normalized spacial score (nSPS) is 13.3. The highest BCUT2D eigenvalue weighted by atomic mass is 35.5. The maximum absolute atomic E-state index is 11.9. The minimum Gasteiger partial charge on any atom is -0.307 e. The van der Waals surface area contributed by atoms with E-state index in [1.807, 2.05) is 0 Å². The molecule has 4 nitrogen and oxygen atoms in total. The largest absolute Gasteiger partial charge is 0.397 e. The van der Waals surface area contributed by atoms with Crippen molar-refractivity contribution in [2.45, 2.75) is 82.9 Å². The van der Waals surface area contributed by atoms with Crippen LogP contribution in [0, 0.1) is 0 Å². The predicted molar refractivity (Wildman–Crippen MR) is 92.7 cm³/mol. The van der Waals surface area contributed by atoms with Crippen LogP contribution in [0.3, 0.4) is 0 Å². The molecule has 0 aliphatic heterocycles. The third-order valence-corrected chi connectivity index (χ3v) is 6.21. The van der Waals surface area contributed by atoms with Crippen LogP contribution in [0.1, 0.15) is 77.6 Å². The fourth-order valence-corrected chi connectivity index (χ4v) is 3.85. The highest BCUT2D eigenvalue weighted by Crippen LogP contribution is 2.49. The van der Waals surface area contributed by atoms with Crippen molar-refractivity contribution in [1.29, 1.82) is 0 Å².